The van der Waals surface area contributed by atoms with Gasteiger partial charge >= 0.3 is 0 Å². The second kappa shape index (κ2) is 6.84. The molecule has 5 nitrogen and oxygen atoms in total. The summed E-state index contributed by atoms with van der Waals surface area (Å²) >= 11 is 0. The average molecular weight is 276 g/mol. The van der Waals surface area contributed by atoms with Gasteiger partial charge in [-0.15, -0.1) is 0 Å². The summed E-state index contributed by atoms with van der Waals surface area (Å²) in [5, 5.41) is 3.21. The normalized spacial score (nSPS) is 25.2. The quantitative estimate of drug-likeness (QED) is 0.682. The fraction of sp³-hybridized carbons (Fsp3) is 1.00. The molecule has 1 heterocycles. The molecular formula is C12H24N2O3S. The molecule has 2 N–H and O–H groups in total. The SMILES string of the molecule is O=S(=O)(CCNC1CC1)NCCC1CCCCO1. The van der Waals surface area contributed by atoms with Gasteiger partial charge in [-0.2, -0.15) is 0 Å². The van der Waals surface area contributed by atoms with Crippen molar-refractivity contribution in [2.75, 3.05) is 25.4 Å². The first-order chi connectivity index (χ1) is 8.66. The molecule has 0 bridgehead atoms. The summed E-state index contributed by atoms with van der Waals surface area (Å²) in [6.45, 7) is 1.87. The monoisotopic (exact) mass is 276 g/mol. The van der Waals surface area contributed by atoms with E-state index in [4.69, 9.17) is 4.74 Å². The Balaban J connectivity index is 1.55. The predicted octanol–water partition coefficient (Wildman–Crippen LogP) is 0.617. The summed E-state index contributed by atoms with van der Waals surface area (Å²) in [4.78, 5) is 0. The van der Waals surface area contributed by atoms with Crippen LogP contribution in [0.5, 0.6) is 0 Å². The van der Waals surface area contributed by atoms with E-state index in [2.05, 4.69) is 10.0 Å². The van der Waals surface area contributed by atoms with Crippen molar-refractivity contribution in [1.82, 2.24) is 10.0 Å². The molecule has 1 atom stereocenters. The molecule has 106 valence electrons. The van der Waals surface area contributed by atoms with Crippen LogP contribution in [-0.4, -0.2) is 46.0 Å². The molecule has 0 radical (unpaired) electrons. The maximum Gasteiger partial charge on any atom is 0.212 e. The van der Waals surface area contributed by atoms with Gasteiger partial charge in [-0.25, -0.2) is 13.1 Å². The van der Waals surface area contributed by atoms with Crippen molar-refractivity contribution >= 4 is 10.0 Å². The first kappa shape index (κ1) is 14.2. The molecular weight excluding hydrogens is 252 g/mol. The van der Waals surface area contributed by atoms with Gasteiger partial charge in [-0.1, -0.05) is 0 Å². The largest absolute Gasteiger partial charge is 0.378 e. The predicted molar refractivity (Wildman–Crippen MR) is 71.0 cm³/mol. The number of ether oxygens (including phenoxy) is 1. The Labute approximate surface area is 110 Å². The van der Waals surface area contributed by atoms with Crippen molar-refractivity contribution < 1.29 is 13.2 Å². The van der Waals surface area contributed by atoms with Crippen molar-refractivity contribution in [2.45, 2.75) is 50.7 Å². The molecule has 1 saturated carbocycles. The zero-order chi connectivity index (χ0) is 12.8. The van der Waals surface area contributed by atoms with Crippen LogP contribution in [0.25, 0.3) is 0 Å². The molecule has 2 aliphatic rings. The zero-order valence-electron chi connectivity index (χ0n) is 10.9. The third-order valence-electron chi connectivity index (χ3n) is 3.44. The molecule has 18 heavy (non-hydrogen) atoms. The van der Waals surface area contributed by atoms with E-state index in [0.717, 1.165) is 25.9 Å². The Morgan fingerprint density at radius 1 is 1.11 bits per heavy atom. The minimum absolute atomic E-state index is 0.176. The second-order valence-corrected chi connectivity index (χ2v) is 7.15. The lowest BCUT2D eigenvalue weighted by molar-refractivity contribution is 0.0123. The van der Waals surface area contributed by atoms with Gasteiger partial charge < -0.3 is 10.1 Å². The maximum absolute atomic E-state index is 11.7. The summed E-state index contributed by atoms with van der Waals surface area (Å²) in [5.74, 6) is 0.176. The summed E-state index contributed by atoms with van der Waals surface area (Å²) in [6, 6.07) is 0.566. The standard InChI is InChI=1S/C12H24N2O3S/c15-18(16,10-8-13-11-4-5-11)14-7-6-12-3-1-2-9-17-12/h11-14H,1-10H2. The number of rotatable bonds is 8. The van der Waals surface area contributed by atoms with E-state index in [-0.39, 0.29) is 11.9 Å². The molecule has 0 aromatic rings. The van der Waals surface area contributed by atoms with Crippen LogP contribution >= 0.6 is 0 Å². The van der Waals surface area contributed by atoms with Crippen LogP contribution in [0.3, 0.4) is 0 Å². The van der Waals surface area contributed by atoms with Gasteiger partial charge in [0.1, 0.15) is 0 Å². The summed E-state index contributed by atoms with van der Waals surface area (Å²) < 4.78 is 31.6. The smallest absolute Gasteiger partial charge is 0.212 e. The van der Waals surface area contributed by atoms with Crippen LogP contribution in [0, 0.1) is 0 Å². The highest BCUT2D eigenvalue weighted by Crippen LogP contribution is 2.18. The molecule has 2 fully saturated rings. The van der Waals surface area contributed by atoms with Crippen LogP contribution in [0.1, 0.15) is 38.5 Å². The van der Waals surface area contributed by atoms with Crippen LogP contribution in [-0.2, 0) is 14.8 Å². The van der Waals surface area contributed by atoms with Crippen molar-refractivity contribution in [3.63, 3.8) is 0 Å². The van der Waals surface area contributed by atoms with Gasteiger partial charge in [0.05, 0.1) is 11.9 Å². The van der Waals surface area contributed by atoms with Crippen LogP contribution < -0.4 is 10.0 Å². The zero-order valence-corrected chi connectivity index (χ0v) is 11.7. The Morgan fingerprint density at radius 3 is 2.61 bits per heavy atom. The lowest BCUT2D eigenvalue weighted by atomic mass is 10.1. The molecule has 1 aliphatic heterocycles. The Bertz CT molecular complexity index is 335. The number of sulfonamides is 1. The third kappa shape index (κ3) is 5.65. The summed E-state index contributed by atoms with van der Waals surface area (Å²) in [7, 11) is -3.12. The molecule has 1 unspecified atom stereocenters. The molecule has 1 saturated heterocycles. The highest BCUT2D eigenvalue weighted by atomic mass is 32.2. The fourth-order valence-electron chi connectivity index (χ4n) is 2.17. The minimum atomic E-state index is -3.12. The molecule has 0 aromatic heterocycles. The van der Waals surface area contributed by atoms with Crippen molar-refractivity contribution in [3.8, 4) is 0 Å². The number of nitrogens with one attached hydrogen (secondary N) is 2. The lowest BCUT2D eigenvalue weighted by Crippen LogP contribution is -2.34. The van der Waals surface area contributed by atoms with Crippen LogP contribution in [0.2, 0.25) is 0 Å². The fourth-order valence-corrected chi connectivity index (χ4v) is 3.13. The van der Waals surface area contributed by atoms with Crippen molar-refractivity contribution in [3.05, 3.63) is 0 Å². The molecule has 2 rings (SSSR count). The topological polar surface area (TPSA) is 67.4 Å². The summed E-state index contributed by atoms with van der Waals surface area (Å²) in [6.07, 6.45) is 6.79. The maximum atomic E-state index is 11.7. The molecule has 6 heteroatoms. The highest BCUT2D eigenvalue weighted by molar-refractivity contribution is 7.89. The van der Waals surface area contributed by atoms with E-state index in [1.807, 2.05) is 0 Å². The van der Waals surface area contributed by atoms with E-state index in [1.165, 1.54) is 19.3 Å². The minimum Gasteiger partial charge on any atom is -0.378 e. The van der Waals surface area contributed by atoms with Crippen LogP contribution in [0.15, 0.2) is 0 Å². The van der Waals surface area contributed by atoms with E-state index in [0.29, 0.717) is 19.1 Å². The van der Waals surface area contributed by atoms with Crippen molar-refractivity contribution in [1.29, 1.82) is 0 Å². The van der Waals surface area contributed by atoms with E-state index < -0.39 is 10.0 Å². The number of hydrogen-bond acceptors (Lipinski definition) is 4. The first-order valence-electron chi connectivity index (χ1n) is 6.98. The third-order valence-corrected chi connectivity index (χ3v) is 4.83. The summed E-state index contributed by atoms with van der Waals surface area (Å²) in [5.41, 5.74) is 0. The van der Waals surface area contributed by atoms with Gasteiger partial charge in [-0.05, 0) is 38.5 Å². The molecule has 0 aromatic carbocycles. The molecule has 0 spiro atoms. The van der Waals surface area contributed by atoms with E-state index >= 15 is 0 Å². The molecule has 1 aliphatic carbocycles. The Hall–Kier alpha value is -0.170. The first-order valence-corrected chi connectivity index (χ1v) is 8.63. The highest BCUT2D eigenvalue weighted by Gasteiger charge is 2.21. The second-order valence-electron chi connectivity index (χ2n) is 5.22. The van der Waals surface area contributed by atoms with Gasteiger partial charge in [0, 0.05) is 25.7 Å². The molecule has 0 amide bonds. The average Bonchev–Trinajstić information content (AvgIpc) is 3.14. The Morgan fingerprint density at radius 2 is 1.94 bits per heavy atom. The van der Waals surface area contributed by atoms with Gasteiger partial charge in [0.15, 0.2) is 0 Å². The number of hydrogen-bond donors (Lipinski definition) is 2. The lowest BCUT2D eigenvalue weighted by Gasteiger charge is -2.22. The van der Waals surface area contributed by atoms with Crippen molar-refractivity contribution in [2.24, 2.45) is 0 Å². The Kier molecular flexibility index (Phi) is 5.41. The van der Waals surface area contributed by atoms with Gasteiger partial charge in [-0.3, -0.25) is 0 Å². The van der Waals surface area contributed by atoms with Gasteiger partial charge in [0.25, 0.3) is 0 Å². The van der Waals surface area contributed by atoms with Crippen LogP contribution in [0.4, 0.5) is 0 Å². The van der Waals surface area contributed by atoms with Gasteiger partial charge in [0.2, 0.25) is 10.0 Å². The van der Waals surface area contributed by atoms with E-state index in [9.17, 15) is 8.42 Å². The van der Waals surface area contributed by atoms with E-state index in [1.54, 1.807) is 0 Å².